The Bertz CT molecular complexity index is 1790. The van der Waals surface area contributed by atoms with Gasteiger partial charge in [-0.15, -0.1) is 0 Å². The van der Waals surface area contributed by atoms with Gasteiger partial charge in [-0.2, -0.15) is 5.10 Å². The first-order valence-electron chi connectivity index (χ1n) is 14.7. The summed E-state index contributed by atoms with van der Waals surface area (Å²) < 4.78 is 21.1. The summed E-state index contributed by atoms with van der Waals surface area (Å²) in [5, 5.41) is 20.9. The van der Waals surface area contributed by atoms with Crippen LogP contribution in [0.1, 0.15) is 67.9 Å². The Morgan fingerprint density at radius 3 is 2.49 bits per heavy atom. The normalized spacial score (nSPS) is 17.2. The SMILES string of the molecule is Cc1cc(C(=O)O)ccc1-c1cc2c(NC3CCC(NC(=O)OC(C)(C)C)CC3)c(C(N)=Nc3cc(F)ccc3Cl)cnn2c1. The Morgan fingerprint density at radius 1 is 1.11 bits per heavy atom. The highest BCUT2D eigenvalue weighted by atomic mass is 35.5. The lowest BCUT2D eigenvalue weighted by molar-refractivity contribution is 0.0491. The zero-order chi connectivity index (χ0) is 32.5. The number of hydrogen-bond acceptors (Lipinski definition) is 6. The molecule has 1 amide bonds. The first kappa shape index (κ1) is 31.8. The van der Waals surface area contributed by atoms with E-state index in [2.05, 4.69) is 20.7 Å². The highest BCUT2D eigenvalue weighted by molar-refractivity contribution is 6.33. The number of hydrogen-bond donors (Lipinski definition) is 4. The average molecular weight is 635 g/mol. The average Bonchev–Trinajstić information content (AvgIpc) is 3.39. The van der Waals surface area contributed by atoms with Crippen molar-refractivity contribution in [3.8, 4) is 11.1 Å². The van der Waals surface area contributed by atoms with Gasteiger partial charge in [0.25, 0.3) is 0 Å². The maximum atomic E-state index is 14.0. The van der Waals surface area contributed by atoms with E-state index in [1.54, 1.807) is 28.9 Å². The third kappa shape index (κ3) is 7.54. The third-order valence-corrected chi connectivity index (χ3v) is 7.96. The number of alkyl carbamates (subject to hydrolysis) is 1. The van der Waals surface area contributed by atoms with Crippen LogP contribution in [0.5, 0.6) is 0 Å². The van der Waals surface area contributed by atoms with Crippen molar-refractivity contribution in [1.29, 1.82) is 0 Å². The molecule has 0 unspecified atom stereocenters. The van der Waals surface area contributed by atoms with Crippen molar-refractivity contribution in [2.45, 2.75) is 71.1 Å². The number of carbonyl (C=O) groups is 2. The number of benzene rings is 2. The number of nitrogens with two attached hydrogens (primary N) is 1. The van der Waals surface area contributed by atoms with Crippen molar-refractivity contribution in [3.05, 3.63) is 82.4 Å². The second-order valence-electron chi connectivity index (χ2n) is 12.3. The van der Waals surface area contributed by atoms with E-state index in [1.165, 1.54) is 18.2 Å². The van der Waals surface area contributed by atoms with Crippen molar-refractivity contribution in [2.75, 3.05) is 5.32 Å². The van der Waals surface area contributed by atoms with Gasteiger partial charge < -0.3 is 26.2 Å². The lowest BCUT2D eigenvalue weighted by Gasteiger charge is -2.31. The number of amides is 1. The molecular weight excluding hydrogens is 599 g/mol. The maximum Gasteiger partial charge on any atom is 0.407 e. The Kier molecular flexibility index (Phi) is 9.01. The molecule has 0 spiro atoms. The lowest BCUT2D eigenvalue weighted by Crippen LogP contribution is -2.42. The van der Waals surface area contributed by atoms with Crippen LogP contribution in [-0.4, -0.2) is 50.3 Å². The van der Waals surface area contributed by atoms with Gasteiger partial charge in [0.2, 0.25) is 0 Å². The van der Waals surface area contributed by atoms with Crippen LogP contribution in [0.3, 0.4) is 0 Å². The minimum atomic E-state index is -0.992. The molecule has 2 aromatic carbocycles. The summed E-state index contributed by atoms with van der Waals surface area (Å²) >= 11 is 6.28. The summed E-state index contributed by atoms with van der Waals surface area (Å²) in [6, 6.07) is 10.9. The van der Waals surface area contributed by atoms with Crippen LogP contribution in [0.25, 0.3) is 16.6 Å². The number of nitrogens with one attached hydrogen (secondary N) is 2. The zero-order valence-electron chi connectivity index (χ0n) is 25.5. The highest BCUT2D eigenvalue weighted by Crippen LogP contribution is 2.34. The fourth-order valence-corrected chi connectivity index (χ4v) is 5.65. The van der Waals surface area contributed by atoms with Gasteiger partial charge in [-0.3, -0.25) is 0 Å². The van der Waals surface area contributed by atoms with Crippen LogP contribution in [-0.2, 0) is 4.74 Å². The molecule has 1 fully saturated rings. The summed E-state index contributed by atoms with van der Waals surface area (Å²) in [5.41, 5.74) is 10.8. The number of halogens is 2. The van der Waals surface area contributed by atoms with Crippen molar-refractivity contribution in [2.24, 2.45) is 10.7 Å². The maximum absolute atomic E-state index is 14.0. The van der Waals surface area contributed by atoms with E-state index in [4.69, 9.17) is 22.1 Å². The zero-order valence-corrected chi connectivity index (χ0v) is 26.3. The molecule has 236 valence electrons. The molecule has 0 atom stereocenters. The molecule has 45 heavy (non-hydrogen) atoms. The molecule has 0 bridgehead atoms. The van der Waals surface area contributed by atoms with Crippen molar-refractivity contribution in [3.63, 3.8) is 0 Å². The largest absolute Gasteiger partial charge is 0.478 e. The van der Waals surface area contributed by atoms with Gasteiger partial charge in [0.05, 0.1) is 39.2 Å². The van der Waals surface area contributed by atoms with E-state index in [0.717, 1.165) is 47.9 Å². The summed E-state index contributed by atoms with van der Waals surface area (Å²) in [7, 11) is 0. The number of ether oxygens (including phenoxy) is 1. The van der Waals surface area contributed by atoms with Gasteiger partial charge in [-0.25, -0.2) is 23.5 Å². The van der Waals surface area contributed by atoms with Gasteiger partial charge in [0.15, 0.2) is 0 Å². The highest BCUT2D eigenvalue weighted by Gasteiger charge is 2.26. The number of aromatic nitrogens is 2. The first-order chi connectivity index (χ1) is 21.3. The number of amidine groups is 1. The van der Waals surface area contributed by atoms with Crippen molar-refractivity contribution >= 4 is 46.4 Å². The van der Waals surface area contributed by atoms with E-state index in [0.29, 0.717) is 11.3 Å². The second kappa shape index (κ2) is 12.8. The molecule has 1 aliphatic rings. The summed E-state index contributed by atoms with van der Waals surface area (Å²) in [6.07, 6.45) is 6.07. The standard InChI is InChI=1S/C33H36ClFN6O4/c1-18-13-19(31(42)43)5-11-24(18)20-14-28-29(38-22-7-9-23(10-8-22)39-32(44)45-33(2,3)4)25(16-37-41(28)17-20)30(36)40-27-15-21(35)6-12-26(27)34/h5-6,11-17,22-23,38H,7-10H2,1-4H3,(H2,36,40)(H,39,44)(H,42,43). The lowest BCUT2D eigenvalue weighted by atomic mass is 9.91. The fraction of sp³-hybridized carbons (Fsp3) is 0.333. The molecule has 4 aromatic rings. The van der Waals surface area contributed by atoms with E-state index >= 15 is 0 Å². The number of anilines is 1. The van der Waals surface area contributed by atoms with Crippen LogP contribution < -0.4 is 16.4 Å². The Morgan fingerprint density at radius 2 is 1.82 bits per heavy atom. The Hall–Kier alpha value is -4.64. The molecular formula is C33H36ClFN6O4. The van der Waals surface area contributed by atoms with Crippen LogP contribution in [0.15, 0.2) is 59.9 Å². The molecule has 2 heterocycles. The van der Waals surface area contributed by atoms with E-state index in [-0.39, 0.29) is 34.2 Å². The number of nitrogens with zero attached hydrogens (tertiary/aromatic N) is 3. The van der Waals surface area contributed by atoms with Gasteiger partial charge in [-0.05, 0) is 94.8 Å². The third-order valence-electron chi connectivity index (χ3n) is 7.64. The molecule has 2 aromatic heterocycles. The number of aryl methyl sites for hydroxylation is 1. The summed E-state index contributed by atoms with van der Waals surface area (Å²) in [5.74, 6) is -1.38. The van der Waals surface area contributed by atoms with Gasteiger partial charge in [0, 0.05) is 29.9 Å². The minimum Gasteiger partial charge on any atom is -0.478 e. The molecule has 12 heteroatoms. The second-order valence-corrected chi connectivity index (χ2v) is 12.7. The predicted octanol–water partition coefficient (Wildman–Crippen LogP) is 7.09. The first-order valence-corrected chi connectivity index (χ1v) is 15.1. The molecule has 5 N–H and O–H groups in total. The van der Waals surface area contributed by atoms with Crippen LogP contribution >= 0.6 is 11.6 Å². The number of carbonyl (C=O) groups excluding carboxylic acids is 1. The fourth-order valence-electron chi connectivity index (χ4n) is 5.49. The van der Waals surface area contributed by atoms with Crippen LogP contribution in [0.4, 0.5) is 20.6 Å². The van der Waals surface area contributed by atoms with E-state index < -0.39 is 23.5 Å². The number of fused-ring (bicyclic) bond motifs is 1. The number of carboxylic acids is 1. The minimum absolute atomic E-state index is 0.00627. The van der Waals surface area contributed by atoms with Crippen LogP contribution in [0.2, 0.25) is 5.02 Å². The molecule has 5 rings (SSSR count). The van der Waals surface area contributed by atoms with Crippen molar-refractivity contribution in [1.82, 2.24) is 14.9 Å². The smallest absolute Gasteiger partial charge is 0.407 e. The van der Waals surface area contributed by atoms with Crippen LogP contribution in [0, 0.1) is 12.7 Å². The summed E-state index contributed by atoms with van der Waals surface area (Å²) in [4.78, 5) is 28.2. The molecule has 0 aliphatic heterocycles. The van der Waals surface area contributed by atoms with Gasteiger partial charge in [0.1, 0.15) is 17.3 Å². The number of aromatic carboxylic acids is 1. The van der Waals surface area contributed by atoms with Crippen molar-refractivity contribution < 1.29 is 23.8 Å². The molecule has 1 saturated carbocycles. The quantitative estimate of drug-likeness (QED) is 0.126. The topological polar surface area (TPSA) is 143 Å². The number of rotatable bonds is 7. The van der Waals surface area contributed by atoms with E-state index in [9.17, 15) is 19.1 Å². The molecule has 10 nitrogen and oxygen atoms in total. The summed E-state index contributed by atoms with van der Waals surface area (Å²) in [6.45, 7) is 7.35. The van der Waals surface area contributed by atoms with E-state index in [1.807, 2.05) is 40.0 Å². The van der Waals surface area contributed by atoms with Gasteiger partial charge in [-0.1, -0.05) is 17.7 Å². The molecule has 0 saturated heterocycles. The molecule has 1 aliphatic carbocycles. The monoisotopic (exact) mass is 634 g/mol. The predicted molar refractivity (Wildman–Crippen MR) is 173 cm³/mol. The number of aliphatic imine (C=N–C) groups is 1. The molecule has 0 radical (unpaired) electrons. The van der Waals surface area contributed by atoms with Gasteiger partial charge >= 0.3 is 12.1 Å². The number of carboxylic acid groups (broad SMARTS) is 1. The Balaban J connectivity index is 1.48. The Labute approximate surface area is 265 Å².